The molecule has 57 heavy (non-hydrogen) atoms. The molecule has 3 aromatic heterocycles. The summed E-state index contributed by atoms with van der Waals surface area (Å²) in [4.78, 5) is 0. The number of para-hydroxylation sites is 3. The van der Waals surface area contributed by atoms with Gasteiger partial charge in [-0.3, -0.25) is 0 Å². The molecular formula is C54H34N2O. The molecule has 0 amide bonds. The van der Waals surface area contributed by atoms with Crippen molar-refractivity contribution in [2.45, 2.75) is 0 Å². The van der Waals surface area contributed by atoms with E-state index in [1.165, 1.54) is 4.57 Å². The molecule has 9 aromatic carbocycles. The van der Waals surface area contributed by atoms with E-state index < -0.39 is 223 Å². The Morgan fingerprint density at radius 2 is 1.02 bits per heavy atom. The van der Waals surface area contributed by atoms with Crippen LogP contribution in [-0.2, 0) is 0 Å². The third-order valence-electron chi connectivity index (χ3n) is 9.86. The van der Waals surface area contributed by atoms with Crippen LogP contribution in [0.15, 0.2) is 210 Å². The summed E-state index contributed by atoms with van der Waals surface area (Å²) in [6.45, 7) is 0. The summed E-state index contributed by atoms with van der Waals surface area (Å²) < 4.78 is 237. The molecule has 0 bridgehead atoms. The highest BCUT2D eigenvalue weighted by atomic mass is 16.3. The number of benzene rings is 9. The Labute approximate surface area is 364 Å². The Hall–Kier alpha value is -7.62. The number of furan rings is 1. The predicted octanol–water partition coefficient (Wildman–Crippen LogP) is 14.8. The van der Waals surface area contributed by atoms with Crippen LogP contribution in [0, 0.1) is 0 Å². The van der Waals surface area contributed by atoms with Crippen molar-refractivity contribution in [2.24, 2.45) is 0 Å². The molecule has 3 heteroatoms. The number of hydrogen-bond donors (Lipinski definition) is 0. The van der Waals surface area contributed by atoms with Gasteiger partial charge in [0.05, 0.1) is 62.0 Å². The third kappa shape index (κ3) is 4.86. The first-order valence-electron chi connectivity index (χ1n) is 30.0. The van der Waals surface area contributed by atoms with Gasteiger partial charge in [0.25, 0.3) is 0 Å². The fourth-order valence-corrected chi connectivity index (χ4v) is 7.40. The minimum Gasteiger partial charge on any atom is -0.454 e. The van der Waals surface area contributed by atoms with Gasteiger partial charge in [-0.1, -0.05) is 145 Å². The standard InChI is InChI=1S/C54H34N2O/c1-3-14-35(15-4-1)37-18-11-19-40(32-37)55-47-24-9-7-20-42(47)45-33-38(28-30-49(45)55)39-29-31-50-46(34-39)43-21-8-10-25-48(43)56(50)51-26-12-23-44-53-41(36-16-5-2-6-17-36)22-13-27-52(53)57-54(44)51/h1-34H/i2D,5D,6D,7D,8D,9D,10D,12D,13D,16D,17D,20D,21D,22D,23D,24D,25D,26D,27D,28D,29D,30D,31D,33D,34D. The van der Waals surface area contributed by atoms with Gasteiger partial charge >= 0.3 is 0 Å². The quantitative estimate of drug-likeness (QED) is 0.172. The number of nitrogens with zero attached hydrogens (tertiary/aromatic N) is 2. The molecule has 0 unspecified atom stereocenters. The molecule has 3 nitrogen and oxygen atoms in total. The average molecular weight is 752 g/mol. The van der Waals surface area contributed by atoms with E-state index in [4.69, 9.17) is 20.9 Å². The van der Waals surface area contributed by atoms with Crippen molar-refractivity contribution in [1.82, 2.24) is 9.13 Å². The molecule has 0 spiro atoms. The maximum atomic E-state index is 10.0. The Kier molecular flexibility index (Phi) is 3.46. The molecular weight excluding hydrogens is 693 g/mol. The summed E-state index contributed by atoms with van der Waals surface area (Å²) in [7, 11) is 0. The highest BCUT2D eigenvalue weighted by molar-refractivity contribution is 6.17. The maximum Gasteiger partial charge on any atom is 0.159 e. The van der Waals surface area contributed by atoms with E-state index >= 15 is 0 Å². The first-order chi connectivity index (χ1) is 38.7. The van der Waals surface area contributed by atoms with Gasteiger partial charge in [-0.15, -0.1) is 0 Å². The molecule has 266 valence electrons. The van der Waals surface area contributed by atoms with Crippen LogP contribution in [0.4, 0.5) is 0 Å². The lowest BCUT2D eigenvalue weighted by atomic mass is 9.99. The maximum absolute atomic E-state index is 10.0. The highest BCUT2D eigenvalue weighted by Gasteiger charge is 2.20. The molecule has 0 saturated carbocycles. The molecule has 0 saturated heterocycles. The second-order valence-electron chi connectivity index (χ2n) is 13.0. The topological polar surface area (TPSA) is 23.0 Å². The van der Waals surface area contributed by atoms with Gasteiger partial charge in [-0.05, 0) is 93.9 Å². The molecule has 0 aliphatic carbocycles. The third-order valence-corrected chi connectivity index (χ3v) is 9.86. The zero-order chi connectivity index (χ0) is 59.2. The molecule has 0 aliphatic rings. The van der Waals surface area contributed by atoms with Crippen molar-refractivity contribution in [3.8, 4) is 44.8 Å². The zero-order valence-electron chi connectivity index (χ0n) is 54.0. The lowest BCUT2D eigenvalue weighted by Crippen LogP contribution is -1.94. The Morgan fingerprint density at radius 1 is 0.404 bits per heavy atom. The lowest BCUT2D eigenvalue weighted by Gasteiger charge is -2.11. The van der Waals surface area contributed by atoms with Crippen molar-refractivity contribution in [2.75, 3.05) is 0 Å². The monoisotopic (exact) mass is 751 g/mol. The van der Waals surface area contributed by atoms with Crippen LogP contribution in [0.5, 0.6) is 0 Å². The van der Waals surface area contributed by atoms with Gasteiger partial charge in [0, 0.05) is 38.0 Å². The van der Waals surface area contributed by atoms with Crippen LogP contribution in [0.3, 0.4) is 0 Å². The van der Waals surface area contributed by atoms with E-state index in [2.05, 4.69) is 0 Å². The molecule has 0 radical (unpaired) electrons. The van der Waals surface area contributed by atoms with E-state index in [0.717, 1.165) is 10.1 Å². The van der Waals surface area contributed by atoms with Gasteiger partial charge < -0.3 is 13.6 Å². The minimum absolute atomic E-state index is 0.177. The number of hydrogen-bond acceptors (Lipinski definition) is 1. The Morgan fingerprint density at radius 3 is 1.77 bits per heavy atom. The van der Waals surface area contributed by atoms with Crippen LogP contribution in [0.2, 0.25) is 0 Å². The van der Waals surface area contributed by atoms with Gasteiger partial charge in [0.2, 0.25) is 0 Å². The van der Waals surface area contributed by atoms with E-state index in [0.29, 0.717) is 5.56 Å². The molecule has 3 heterocycles. The average Bonchev–Trinajstić information content (AvgIpc) is 1.94. The van der Waals surface area contributed by atoms with E-state index in [1.807, 2.05) is 30.3 Å². The minimum atomic E-state index is -0.955. The van der Waals surface area contributed by atoms with Crippen molar-refractivity contribution >= 4 is 65.6 Å². The van der Waals surface area contributed by atoms with Crippen LogP contribution >= 0.6 is 0 Å². The molecule has 0 fully saturated rings. The van der Waals surface area contributed by atoms with Crippen molar-refractivity contribution in [3.63, 3.8) is 0 Å². The molecule has 0 aliphatic heterocycles. The summed E-state index contributed by atoms with van der Waals surface area (Å²) in [5.74, 6) is 0. The van der Waals surface area contributed by atoms with Gasteiger partial charge in [-0.2, -0.15) is 0 Å². The zero-order valence-corrected chi connectivity index (χ0v) is 29.0. The SMILES string of the molecule is [2H]c1c([2H])c([2H])c(-c2c([2H])c([2H])c([2H])c3oc4c(-n5c6c([2H])c([2H])c([2H])c([2H])c6c6c([2H])c(-c7c([2H])c([2H])c8c(c7[2H])c7c([2H])c([2H])c([2H])c([2H])c7n8-c7cccc(-c8ccccc8)c7)c([2H])c([2H])c65)c([2H])c([2H])c([2H])c4c23)c([2H])c1[2H]. The number of fused-ring (bicyclic) bond motifs is 9. The fourth-order valence-electron chi connectivity index (χ4n) is 7.40. The first kappa shape index (κ1) is 15.9. The summed E-state index contributed by atoms with van der Waals surface area (Å²) >= 11 is 0. The Balaban J connectivity index is 1.25. The van der Waals surface area contributed by atoms with Crippen LogP contribution in [0.25, 0.3) is 110 Å². The normalized spacial score (nSPS) is 18.0. The Bertz CT molecular complexity index is 4960. The second kappa shape index (κ2) is 12.5. The van der Waals surface area contributed by atoms with Crippen LogP contribution < -0.4 is 0 Å². The summed E-state index contributed by atoms with van der Waals surface area (Å²) in [6, 6.07) is -4.55. The van der Waals surface area contributed by atoms with Crippen LogP contribution in [0.1, 0.15) is 34.3 Å². The van der Waals surface area contributed by atoms with Gasteiger partial charge in [-0.25, -0.2) is 0 Å². The molecule has 12 aromatic rings. The number of rotatable bonds is 5. The molecule has 12 rings (SSSR count). The predicted molar refractivity (Wildman–Crippen MR) is 239 cm³/mol. The highest BCUT2D eigenvalue weighted by Crippen LogP contribution is 2.42. The second-order valence-corrected chi connectivity index (χ2v) is 13.0. The largest absolute Gasteiger partial charge is 0.454 e. The van der Waals surface area contributed by atoms with Gasteiger partial charge in [0.1, 0.15) is 5.58 Å². The van der Waals surface area contributed by atoms with Crippen molar-refractivity contribution in [1.29, 1.82) is 0 Å². The fraction of sp³-hybridized carbons (Fsp3) is 0. The van der Waals surface area contributed by atoms with E-state index in [1.54, 1.807) is 24.3 Å². The molecule has 0 atom stereocenters. The lowest BCUT2D eigenvalue weighted by molar-refractivity contribution is 0.666. The van der Waals surface area contributed by atoms with E-state index in [-0.39, 0.29) is 27.5 Å². The molecule has 0 N–H and O–H groups in total. The van der Waals surface area contributed by atoms with Crippen molar-refractivity contribution in [3.05, 3.63) is 206 Å². The van der Waals surface area contributed by atoms with Crippen molar-refractivity contribution < 1.29 is 38.7 Å². The van der Waals surface area contributed by atoms with Gasteiger partial charge in [0.15, 0.2) is 5.58 Å². The van der Waals surface area contributed by atoms with E-state index in [9.17, 15) is 17.8 Å². The smallest absolute Gasteiger partial charge is 0.159 e. The number of aromatic nitrogens is 2. The van der Waals surface area contributed by atoms with Crippen LogP contribution in [-0.4, -0.2) is 9.13 Å². The summed E-state index contributed by atoms with van der Waals surface area (Å²) in [5, 5.41) is -2.68. The first-order valence-corrected chi connectivity index (χ1v) is 17.5. The summed E-state index contributed by atoms with van der Waals surface area (Å²) in [6.07, 6.45) is 0. The summed E-state index contributed by atoms with van der Waals surface area (Å²) in [5.41, 5.74) is -4.50.